The first-order valence-corrected chi connectivity index (χ1v) is 4.53. The number of carboxylic acid groups (broad SMARTS) is 1. The van der Waals surface area contributed by atoms with Crippen molar-refractivity contribution in [2.24, 2.45) is 0 Å². The molecule has 2 nitrogen and oxygen atoms in total. The monoisotopic (exact) mass is 176 g/mol. The van der Waals surface area contributed by atoms with Crippen LogP contribution in [0.5, 0.6) is 0 Å². The van der Waals surface area contributed by atoms with Gasteiger partial charge in [-0.05, 0) is 36.8 Å². The Morgan fingerprint density at radius 3 is 2.69 bits per heavy atom. The lowest BCUT2D eigenvalue weighted by atomic mass is 9.99. The van der Waals surface area contributed by atoms with Gasteiger partial charge in [-0.3, -0.25) is 0 Å². The molecule has 2 heteroatoms. The fourth-order valence-electron chi connectivity index (χ4n) is 1.72. The second-order valence-electron chi connectivity index (χ2n) is 3.62. The van der Waals surface area contributed by atoms with Gasteiger partial charge >= 0.3 is 5.97 Å². The molecule has 1 fully saturated rings. The molecule has 68 valence electrons. The van der Waals surface area contributed by atoms with Crippen LogP contribution in [-0.2, 0) is 0 Å². The molecule has 0 heterocycles. The number of benzene rings is 1. The number of aromatic carboxylic acids is 1. The Morgan fingerprint density at radius 2 is 2.15 bits per heavy atom. The molecule has 0 aromatic heterocycles. The van der Waals surface area contributed by atoms with Crippen LogP contribution >= 0.6 is 0 Å². The van der Waals surface area contributed by atoms with Gasteiger partial charge in [-0.1, -0.05) is 18.2 Å². The highest BCUT2D eigenvalue weighted by atomic mass is 16.4. The maximum absolute atomic E-state index is 11.0. The first-order valence-electron chi connectivity index (χ1n) is 4.53. The topological polar surface area (TPSA) is 37.3 Å². The van der Waals surface area contributed by atoms with Crippen molar-refractivity contribution in [2.45, 2.75) is 25.7 Å². The molecule has 1 N–H and O–H groups in total. The van der Waals surface area contributed by atoms with E-state index in [4.69, 9.17) is 5.11 Å². The smallest absolute Gasteiger partial charge is 0.336 e. The molecule has 0 amide bonds. The number of aryl methyl sites for hydroxylation is 1. The molecule has 1 aliphatic carbocycles. The summed E-state index contributed by atoms with van der Waals surface area (Å²) in [5, 5.41) is 9.02. The van der Waals surface area contributed by atoms with Crippen molar-refractivity contribution >= 4 is 5.97 Å². The number of carboxylic acids is 1. The minimum absolute atomic E-state index is 0.506. The highest BCUT2D eigenvalue weighted by Crippen LogP contribution is 2.42. The van der Waals surface area contributed by atoms with Crippen LogP contribution in [0.25, 0.3) is 0 Å². The summed E-state index contributed by atoms with van der Waals surface area (Å²) >= 11 is 0. The van der Waals surface area contributed by atoms with E-state index >= 15 is 0 Å². The standard InChI is InChI=1S/C11H12O2/c1-7-3-2-4-9(8-5-6-8)10(7)11(12)13/h2-4,8H,5-6H2,1H3,(H,12,13). The van der Waals surface area contributed by atoms with Gasteiger partial charge in [0.2, 0.25) is 0 Å². The van der Waals surface area contributed by atoms with Gasteiger partial charge in [-0.2, -0.15) is 0 Å². The zero-order valence-corrected chi connectivity index (χ0v) is 7.58. The van der Waals surface area contributed by atoms with Crippen LogP contribution in [0.15, 0.2) is 18.2 Å². The van der Waals surface area contributed by atoms with Crippen molar-refractivity contribution in [1.29, 1.82) is 0 Å². The Hall–Kier alpha value is -1.31. The Kier molecular flexibility index (Phi) is 1.83. The van der Waals surface area contributed by atoms with Gasteiger partial charge in [0.25, 0.3) is 0 Å². The van der Waals surface area contributed by atoms with Crippen LogP contribution in [0.3, 0.4) is 0 Å². The summed E-state index contributed by atoms with van der Waals surface area (Å²) in [7, 11) is 0. The Balaban J connectivity index is 2.53. The molecule has 13 heavy (non-hydrogen) atoms. The second kappa shape index (κ2) is 2.87. The summed E-state index contributed by atoms with van der Waals surface area (Å²) in [4.78, 5) is 11.0. The van der Waals surface area contributed by atoms with Gasteiger partial charge in [-0.25, -0.2) is 4.79 Å². The number of rotatable bonds is 2. The lowest BCUT2D eigenvalue weighted by molar-refractivity contribution is 0.0695. The molecular formula is C11H12O2. The van der Waals surface area contributed by atoms with E-state index < -0.39 is 5.97 Å². The lowest BCUT2D eigenvalue weighted by Crippen LogP contribution is -2.04. The zero-order valence-electron chi connectivity index (χ0n) is 7.58. The molecule has 0 spiro atoms. The predicted octanol–water partition coefficient (Wildman–Crippen LogP) is 2.57. The summed E-state index contributed by atoms with van der Waals surface area (Å²) in [6.07, 6.45) is 2.29. The fourth-order valence-corrected chi connectivity index (χ4v) is 1.72. The molecular weight excluding hydrogens is 164 g/mol. The van der Waals surface area contributed by atoms with Crippen LogP contribution in [0.2, 0.25) is 0 Å². The van der Waals surface area contributed by atoms with E-state index in [1.807, 2.05) is 25.1 Å². The molecule has 0 unspecified atom stereocenters. The Morgan fingerprint density at radius 1 is 1.46 bits per heavy atom. The summed E-state index contributed by atoms with van der Waals surface area (Å²) in [6.45, 7) is 1.86. The quantitative estimate of drug-likeness (QED) is 0.751. The van der Waals surface area contributed by atoms with Crippen LogP contribution in [0, 0.1) is 6.92 Å². The van der Waals surface area contributed by atoms with Crippen LogP contribution < -0.4 is 0 Å². The molecule has 0 radical (unpaired) electrons. The molecule has 0 bridgehead atoms. The van der Waals surface area contributed by atoms with E-state index in [2.05, 4.69) is 0 Å². The van der Waals surface area contributed by atoms with Crippen molar-refractivity contribution < 1.29 is 9.90 Å². The third-order valence-corrected chi connectivity index (χ3v) is 2.54. The molecule has 1 saturated carbocycles. The summed E-state index contributed by atoms with van der Waals surface area (Å²) in [5.74, 6) is -0.286. The van der Waals surface area contributed by atoms with Crippen molar-refractivity contribution in [1.82, 2.24) is 0 Å². The fraction of sp³-hybridized carbons (Fsp3) is 0.364. The summed E-state index contributed by atoms with van der Waals surface area (Å²) in [5.41, 5.74) is 2.41. The molecule has 1 aromatic carbocycles. The highest BCUT2D eigenvalue weighted by Gasteiger charge is 2.28. The van der Waals surface area contributed by atoms with Gasteiger partial charge in [-0.15, -0.1) is 0 Å². The van der Waals surface area contributed by atoms with Gasteiger partial charge in [0.05, 0.1) is 5.56 Å². The molecule has 0 atom stereocenters. The molecule has 0 aliphatic heterocycles. The van der Waals surface area contributed by atoms with Crippen molar-refractivity contribution in [3.8, 4) is 0 Å². The van der Waals surface area contributed by atoms with Crippen molar-refractivity contribution in [2.75, 3.05) is 0 Å². The lowest BCUT2D eigenvalue weighted by Gasteiger charge is -2.06. The minimum atomic E-state index is -0.792. The maximum Gasteiger partial charge on any atom is 0.336 e. The van der Waals surface area contributed by atoms with E-state index in [1.165, 1.54) is 0 Å². The van der Waals surface area contributed by atoms with Gasteiger partial charge in [0, 0.05) is 0 Å². The van der Waals surface area contributed by atoms with Crippen molar-refractivity contribution in [3.63, 3.8) is 0 Å². The number of hydrogen-bond acceptors (Lipinski definition) is 1. The predicted molar refractivity (Wildman–Crippen MR) is 50.1 cm³/mol. The van der Waals surface area contributed by atoms with Crippen LogP contribution in [-0.4, -0.2) is 11.1 Å². The van der Waals surface area contributed by atoms with Crippen molar-refractivity contribution in [3.05, 3.63) is 34.9 Å². The molecule has 1 aromatic rings. The summed E-state index contributed by atoms with van der Waals surface area (Å²) < 4.78 is 0. The van der Waals surface area contributed by atoms with Crippen LogP contribution in [0.4, 0.5) is 0 Å². The second-order valence-corrected chi connectivity index (χ2v) is 3.62. The van der Waals surface area contributed by atoms with Gasteiger partial charge in [0.1, 0.15) is 0 Å². The van der Waals surface area contributed by atoms with E-state index in [1.54, 1.807) is 0 Å². The van der Waals surface area contributed by atoms with E-state index in [-0.39, 0.29) is 0 Å². The third-order valence-electron chi connectivity index (χ3n) is 2.54. The Labute approximate surface area is 77.2 Å². The third kappa shape index (κ3) is 1.44. The molecule has 1 aliphatic rings. The first-order chi connectivity index (χ1) is 6.20. The van der Waals surface area contributed by atoms with Gasteiger partial charge < -0.3 is 5.11 Å². The average molecular weight is 176 g/mol. The SMILES string of the molecule is Cc1cccc(C2CC2)c1C(=O)O. The highest BCUT2D eigenvalue weighted by molar-refractivity contribution is 5.91. The zero-order chi connectivity index (χ0) is 9.42. The van der Waals surface area contributed by atoms with Gasteiger partial charge in [0.15, 0.2) is 0 Å². The van der Waals surface area contributed by atoms with Crippen LogP contribution in [0.1, 0.15) is 40.2 Å². The molecule has 0 saturated heterocycles. The molecule has 2 rings (SSSR count). The number of hydrogen-bond donors (Lipinski definition) is 1. The van der Waals surface area contributed by atoms with E-state index in [9.17, 15) is 4.79 Å². The first kappa shape index (κ1) is 8.30. The number of carbonyl (C=O) groups is 1. The summed E-state index contributed by atoms with van der Waals surface area (Å²) in [6, 6.07) is 5.74. The Bertz CT molecular complexity index is 351. The van der Waals surface area contributed by atoms with E-state index in [0.29, 0.717) is 11.5 Å². The normalized spacial score (nSPS) is 15.8. The largest absolute Gasteiger partial charge is 0.478 e. The maximum atomic E-state index is 11.0. The van der Waals surface area contributed by atoms with E-state index in [0.717, 1.165) is 24.0 Å². The minimum Gasteiger partial charge on any atom is -0.478 e. The average Bonchev–Trinajstić information content (AvgIpc) is 2.85.